The summed E-state index contributed by atoms with van der Waals surface area (Å²) in [4.78, 5) is 0. The monoisotopic (exact) mass is 335 g/mol. The molecule has 4 rings (SSSR count). The fourth-order valence-corrected chi connectivity index (χ4v) is 2.57. The first-order valence-electron chi connectivity index (χ1n) is 7.41. The van der Waals surface area contributed by atoms with Crippen LogP contribution >= 0.6 is 0 Å². The highest BCUT2D eigenvalue weighted by molar-refractivity contribution is 5.77. The molecule has 0 radical (unpaired) electrons. The number of hydrogen-bond donors (Lipinski definition) is 5. The lowest BCUT2D eigenvalue weighted by atomic mass is 10.0. The Labute approximate surface area is 141 Å². The summed E-state index contributed by atoms with van der Waals surface area (Å²) in [6.07, 6.45) is 0. The lowest BCUT2D eigenvalue weighted by Crippen LogP contribution is -2.18. The van der Waals surface area contributed by atoms with Crippen LogP contribution in [0, 0.1) is 0 Å². The van der Waals surface area contributed by atoms with Gasteiger partial charge in [-0.1, -0.05) is 30.3 Å². The Balaban J connectivity index is 1.78. The van der Waals surface area contributed by atoms with Crippen LogP contribution in [0.25, 0.3) is 22.5 Å². The molecule has 0 bridgehead atoms. The van der Waals surface area contributed by atoms with Gasteiger partial charge >= 0.3 is 0 Å². The quantitative estimate of drug-likeness (QED) is 0.496. The lowest BCUT2D eigenvalue weighted by Gasteiger charge is -2.21. The molecule has 5 N–H and O–H groups in total. The summed E-state index contributed by atoms with van der Waals surface area (Å²) in [5, 5.41) is 45.5. The van der Waals surface area contributed by atoms with E-state index in [9.17, 15) is 15.3 Å². The van der Waals surface area contributed by atoms with Crippen LogP contribution in [0.5, 0.6) is 0 Å². The number of benzene rings is 2. The molecule has 0 amide bonds. The van der Waals surface area contributed by atoms with Crippen LogP contribution in [0.1, 0.15) is 0 Å². The number of aromatic nitrogens is 4. The van der Waals surface area contributed by atoms with Gasteiger partial charge in [0, 0.05) is 11.3 Å². The summed E-state index contributed by atoms with van der Waals surface area (Å²) in [5.74, 6) is -0.886. The van der Waals surface area contributed by atoms with Gasteiger partial charge in [-0.25, -0.2) is 0 Å². The van der Waals surface area contributed by atoms with Gasteiger partial charge in [-0.15, -0.1) is 10.2 Å². The average molecular weight is 335 g/mol. The van der Waals surface area contributed by atoms with Crippen molar-refractivity contribution in [2.75, 3.05) is 5.32 Å². The maximum atomic E-state index is 9.66. The number of aromatic amines is 1. The maximum absolute atomic E-state index is 9.66. The van der Waals surface area contributed by atoms with E-state index in [2.05, 4.69) is 25.9 Å². The van der Waals surface area contributed by atoms with E-state index < -0.39 is 5.76 Å². The van der Waals surface area contributed by atoms with E-state index in [0.717, 1.165) is 11.1 Å². The molecule has 1 aliphatic carbocycles. The van der Waals surface area contributed by atoms with Crippen LogP contribution in [-0.4, -0.2) is 35.9 Å². The minimum atomic E-state index is -0.528. The van der Waals surface area contributed by atoms with Gasteiger partial charge in [-0.3, -0.25) is 0 Å². The summed E-state index contributed by atoms with van der Waals surface area (Å²) in [6.45, 7) is 0. The third-order valence-electron chi connectivity index (χ3n) is 3.84. The van der Waals surface area contributed by atoms with Crippen molar-refractivity contribution in [3.05, 3.63) is 71.5 Å². The number of nitrogens with one attached hydrogen (secondary N) is 2. The zero-order chi connectivity index (χ0) is 17.4. The normalized spacial score (nSPS) is 13.8. The van der Waals surface area contributed by atoms with Crippen molar-refractivity contribution in [1.82, 2.24) is 20.6 Å². The molecule has 0 unspecified atom stereocenters. The number of H-pyrrole nitrogens is 1. The molecule has 0 atom stereocenters. The zero-order valence-corrected chi connectivity index (χ0v) is 12.8. The van der Waals surface area contributed by atoms with Gasteiger partial charge in [0.2, 0.25) is 11.6 Å². The zero-order valence-electron chi connectivity index (χ0n) is 12.8. The van der Waals surface area contributed by atoms with Crippen molar-refractivity contribution in [3.63, 3.8) is 0 Å². The highest BCUT2D eigenvalue weighted by Crippen LogP contribution is 2.34. The molecule has 124 valence electrons. The fourth-order valence-electron chi connectivity index (χ4n) is 2.57. The van der Waals surface area contributed by atoms with Gasteiger partial charge in [0.25, 0.3) is 0 Å². The molecule has 1 aliphatic rings. The minimum absolute atomic E-state index is 0.0572. The largest absolute Gasteiger partial charge is 0.503 e. The number of hydrogen-bond acceptors (Lipinski definition) is 7. The molecule has 25 heavy (non-hydrogen) atoms. The van der Waals surface area contributed by atoms with Crippen molar-refractivity contribution in [2.45, 2.75) is 0 Å². The average Bonchev–Trinajstić information content (AvgIpc) is 3.20. The molecule has 0 aliphatic heterocycles. The lowest BCUT2D eigenvalue weighted by molar-refractivity contribution is 0.257. The van der Waals surface area contributed by atoms with E-state index in [1.165, 1.54) is 0 Å². The molecule has 0 saturated heterocycles. The van der Waals surface area contributed by atoms with E-state index >= 15 is 0 Å². The predicted octanol–water partition coefficient (Wildman–Crippen LogP) is 3.06. The Bertz CT molecular complexity index is 994. The number of anilines is 1. The second kappa shape index (κ2) is 5.68. The van der Waals surface area contributed by atoms with Crippen molar-refractivity contribution in [3.8, 4) is 22.5 Å². The second-order valence-electron chi connectivity index (χ2n) is 5.45. The van der Waals surface area contributed by atoms with Gasteiger partial charge in [0.15, 0.2) is 11.5 Å². The Kier molecular flexibility index (Phi) is 3.35. The van der Waals surface area contributed by atoms with Crippen LogP contribution in [0.15, 0.2) is 71.5 Å². The first kappa shape index (κ1) is 14.8. The Morgan fingerprint density at radius 2 is 1.56 bits per heavy atom. The topological polar surface area (TPSA) is 127 Å². The van der Waals surface area contributed by atoms with Gasteiger partial charge in [-0.05, 0) is 34.5 Å². The molecule has 3 aromatic rings. The smallest absolute Gasteiger partial charge is 0.205 e. The van der Waals surface area contributed by atoms with Crippen molar-refractivity contribution < 1.29 is 15.3 Å². The van der Waals surface area contributed by atoms with E-state index in [0.29, 0.717) is 17.1 Å². The summed E-state index contributed by atoms with van der Waals surface area (Å²) in [6, 6.07) is 15.2. The molecule has 0 saturated carbocycles. The first-order chi connectivity index (χ1) is 12.1. The SMILES string of the molecule is OC1=C(O)C(Nc2cc(-c3ccccc3)cc(-c3nn[nH]n3)c2)=C1O. The third-order valence-corrected chi connectivity index (χ3v) is 3.84. The molecule has 0 spiro atoms. The van der Waals surface area contributed by atoms with Crippen LogP contribution < -0.4 is 5.32 Å². The molecule has 8 nitrogen and oxygen atoms in total. The maximum Gasteiger partial charge on any atom is 0.205 e. The number of nitrogens with zero attached hydrogens (tertiary/aromatic N) is 3. The third kappa shape index (κ3) is 2.55. The standard InChI is InChI=1S/C17H13N5O3/c23-14-13(15(24)16(14)25)18-12-7-10(9-4-2-1-3-5-9)6-11(8-12)17-19-21-22-20-17/h1-8,18,23-25H,(H,19,20,21,22). The van der Waals surface area contributed by atoms with E-state index in [1.54, 1.807) is 6.07 Å². The summed E-state index contributed by atoms with van der Waals surface area (Å²) >= 11 is 0. The van der Waals surface area contributed by atoms with E-state index in [1.807, 2.05) is 42.5 Å². The first-order valence-corrected chi connectivity index (χ1v) is 7.41. The second-order valence-corrected chi connectivity index (χ2v) is 5.45. The van der Waals surface area contributed by atoms with Crippen LogP contribution in [0.4, 0.5) is 5.69 Å². The van der Waals surface area contributed by atoms with Gasteiger partial charge in [0.1, 0.15) is 5.70 Å². The summed E-state index contributed by atoms with van der Waals surface area (Å²) in [7, 11) is 0. The summed E-state index contributed by atoms with van der Waals surface area (Å²) in [5.41, 5.74) is 3.20. The highest BCUT2D eigenvalue weighted by Gasteiger charge is 2.29. The minimum Gasteiger partial charge on any atom is -0.503 e. The molecule has 1 heterocycles. The van der Waals surface area contributed by atoms with Crippen LogP contribution in [0.3, 0.4) is 0 Å². The van der Waals surface area contributed by atoms with Crippen molar-refractivity contribution >= 4 is 5.69 Å². The molecule has 0 fully saturated rings. The molecule has 8 heteroatoms. The Morgan fingerprint density at radius 1 is 0.800 bits per heavy atom. The highest BCUT2D eigenvalue weighted by atomic mass is 16.3. The van der Waals surface area contributed by atoms with Crippen LogP contribution in [-0.2, 0) is 0 Å². The number of aliphatic hydroxyl groups is 3. The van der Waals surface area contributed by atoms with E-state index in [4.69, 9.17) is 0 Å². The van der Waals surface area contributed by atoms with E-state index in [-0.39, 0.29) is 17.2 Å². The molecule has 2 aromatic carbocycles. The fraction of sp³-hybridized carbons (Fsp3) is 0. The number of tetrazole rings is 1. The summed E-state index contributed by atoms with van der Waals surface area (Å²) < 4.78 is 0. The van der Waals surface area contributed by atoms with Gasteiger partial charge < -0.3 is 20.6 Å². The Hall–Kier alpha value is -3.81. The van der Waals surface area contributed by atoms with Gasteiger partial charge in [0.05, 0.1) is 0 Å². The van der Waals surface area contributed by atoms with Crippen LogP contribution in [0.2, 0.25) is 0 Å². The molecule has 1 aromatic heterocycles. The molecular formula is C17H13N5O3. The predicted molar refractivity (Wildman–Crippen MR) is 90.6 cm³/mol. The Morgan fingerprint density at radius 3 is 2.24 bits per heavy atom. The van der Waals surface area contributed by atoms with Crippen molar-refractivity contribution in [2.24, 2.45) is 0 Å². The van der Waals surface area contributed by atoms with Crippen molar-refractivity contribution in [1.29, 1.82) is 0 Å². The molecular weight excluding hydrogens is 322 g/mol. The number of aliphatic hydroxyl groups excluding tert-OH is 3. The van der Waals surface area contributed by atoms with Gasteiger partial charge in [-0.2, -0.15) is 5.21 Å². The number of rotatable bonds is 4.